The molecule has 0 N–H and O–H groups in total. The molecule has 0 bridgehead atoms. The van der Waals surface area contributed by atoms with Crippen LogP contribution in [0.2, 0.25) is 0 Å². The van der Waals surface area contributed by atoms with Crippen molar-refractivity contribution in [3.8, 4) is 5.69 Å². The topological polar surface area (TPSA) is 77.1 Å². The summed E-state index contributed by atoms with van der Waals surface area (Å²) >= 11 is 0. The van der Waals surface area contributed by atoms with Gasteiger partial charge in [0.05, 0.1) is 6.04 Å². The van der Waals surface area contributed by atoms with Crippen LogP contribution in [0.5, 0.6) is 0 Å². The molecule has 1 aromatic carbocycles. The number of aromatic nitrogens is 4. The molecule has 1 amide bonds. The van der Waals surface area contributed by atoms with E-state index >= 15 is 0 Å². The molecule has 1 aliphatic rings. The molecule has 1 aliphatic heterocycles. The first kappa shape index (κ1) is 16.5. The van der Waals surface area contributed by atoms with Crippen LogP contribution < -0.4 is 0 Å². The molecule has 0 aliphatic carbocycles. The van der Waals surface area contributed by atoms with Gasteiger partial charge in [0.1, 0.15) is 24.1 Å². The fourth-order valence-electron chi connectivity index (χ4n) is 3.33. The van der Waals surface area contributed by atoms with Gasteiger partial charge in [-0.05, 0) is 37.1 Å². The van der Waals surface area contributed by atoms with Crippen molar-refractivity contribution in [3.63, 3.8) is 0 Å². The van der Waals surface area contributed by atoms with Crippen LogP contribution in [-0.4, -0.2) is 37.3 Å². The number of amides is 1. The van der Waals surface area contributed by atoms with Crippen molar-refractivity contribution in [1.29, 1.82) is 0 Å². The van der Waals surface area contributed by atoms with E-state index in [2.05, 4.69) is 29.2 Å². The van der Waals surface area contributed by atoms with Crippen LogP contribution in [0.1, 0.15) is 60.5 Å². The smallest absolute Gasteiger partial charge is 0.254 e. The Kier molecular flexibility index (Phi) is 4.28. The minimum atomic E-state index is -0.0173. The Balaban J connectivity index is 1.54. The van der Waals surface area contributed by atoms with Crippen LogP contribution in [0.3, 0.4) is 0 Å². The van der Waals surface area contributed by atoms with E-state index in [-0.39, 0.29) is 17.9 Å². The normalized spacial score (nSPS) is 17.2. The molecule has 7 nitrogen and oxygen atoms in total. The molecule has 0 radical (unpaired) electrons. The summed E-state index contributed by atoms with van der Waals surface area (Å²) in [6.45, 7) is 4.87. The molecular weight excluding hydrogens is 330 g/mol. The van der Waals surface area contributed by atoms with Crippen molar-refractivity contribution in [3.05, 3.63) is 60.0 Å². The Hall–Kier alpha value is -2.96. The van der Waals surface area contributed by atoms with Crippen molar-refractivity contribution in [1.82, 2.24) is 24.8 Å². The number of likely N-dealkylation sites (tertiary alicyclic amines) is 1. The summed E-state index contributed by atoms with van der Waals surface area (Å²) in [5.41, 5.74) is 2.43. The third-order valence-electron chi connectivity index (χ3n) is 4.80. The summed E-state index contributed by atoms with van der Waals surface area (Å²) in [7, 11) is 0. The highest BCUT2D eigenvalue weighted by Gasteiger charge is 2.33. The maximum Gasteiger partial charge on any atom is 0.254 e. The first-order chi connectivity index (χ1) is 12.6. The van der Waals surface area contributed by atoms with Crippen LogP contribution in [0.15, 0.2) is 47.5 Å². The minimum Gasteiger partial charge on any atom is -0.361 e. The van der Waals surface area contributed by atoms with Gasteiger partial charge in [-0.2, -0.15) is 0 Å². The molecule has 2 aromatic heterocycles. The van der Waals surface area contributed by atoms with Crippen molar-refractivity contribution < 1.29 is 9.32 Å². The molecular formula is C19H21N5O2. The van der Waals surface area contributed by atoms with Gasteiger partial charge in [0.25, 0.3) is 5.91 Å². The van der Waals surface area contributed by atoms with Gasteiger partial charge < -0.3 is 9.42 Å². The van der Waals surface area contributed by atoms with Gasteiger partial charge >= 0.3 is 0 Å². The van der Waals surface area contributed by atoms with Gasteiger partial charge in [0.2, 0.25) is 0 Å². The molecule has 1 fully saturated rings. The molecule has 134 valence electrons. The average Bonchev–Trinajstić information content (AvgIpc) is 3.42. The van der Waals surface area contributed by atoms with Crippen molar-refractivity contribution in [2.24, 2.45) is 0 Å². The van der Waals surface area contributed by atoms with Crippen LogP contribution in [0.25, 0.3) is 5.69 Å². The van der Waals surface area contributed by atoms with E-state index < -0.39 is 0 Å². The SMILES string of the molecule is CC(C)c1cc(C2CCCN2C(=O)c2ccc(-n3cnnc3)cc2)no1. The van der Waals surface area contributed by atoms with Crippen LogP contribution in [0.4, 0.5) is 0 Å². The van der Waals surface area contributed by atoms with Gasteiger partial charge in [0, 0.05) is 29.8 Å². The molecule has 26 heavy (non-hydrogen) atoms. The Morgan fingerprint density at radius 1 is 1.19 bits per heavy atom. The highest BCUT2D eigenvalue weighted by Crippen LogP contribution is 2.33. The fourth-order valence-corrected chi connectivity index (χ4v) is 3.33. The second-order valence-corrected chi connectivity index (χ2v) is 6.88. The average molecular weight is 351 g/mol. The maximum absolute atomic E-state index is 13.0. The van der Waals surface area contributed by atoms with Crippen molar-refractivity contribution in [2.45, 2.75) is 38.6 Å². The lowest BCUT2D eigenvalue weighted by molar-refractivity contribution is 0.0731. The third-order valence-corrected chi connectivity index (χ3v) is 4.80. The quantitative estimate of drug-likeness (QED) is 0.720. The first-order valence-electron chi connectivity index (χ1n) is 8.86. The Morgan fingerprint density at radius 2 is 1.92 bits per heavy atom. The summed E-state index contributed by atoms with van der Waals surface area (Å²) in [5, 5.41) is 11.8. The lowest BCUT2D eigenvalue weighted by Crippen LogP contribution is -2.30. The zero-order valence-corrected chi connectivity index (χ0v) is 14.9. The molecule has 1 unspecified atom stereocenters. The van der Waals surface area contributed by atoms with Gasteiger partial charge in [-0.1, -0.05) is 19.0 Å². The maximum atomic E-state index is 13.0. The summed E-state index contributed by atoms with van der Waals surface area (Å²) in [6, 6.07) is 9.45. The summed E-state index contributed by atoms with van der Waals surface area (Å²) in [6.07, 6.45) is 5.14. The number of nitrogens with zero attached hydrogens (tertiary/aromatic N) is 5. The Bertz CT molecular complexity index is 883. The minimum absolute atomic E-state index is 0.0173. The molecule has 3 heterocycles. The van der Waals surface area contributed by atoms with Crippen LogP contribution >= 0.6 is 0 Å². The molecule has 1 saturated heterocycles. The predicted octanol–water partition coefficient (Wildman–Crippen LogP) is 3.36. The van der Waals surface area contributed by atoms with E-state index in [1.54, 1.807) is 17.2 Å². The lowest BCUT2D eigenvalue weighted by Gasteiger charge is -2.23. The monoisotopic (exact) mass is 351 g/mol. The van der Waals surface area contributed by atoms with E-state index in [4.69, 9.17) is 4.52 Å². The largest absolute Gasteiger partial charge is 0.361 e. The third kappa shape index (κ3) is 3.00. The zero-order chi connectivity index (χ0) is 18.1. The van der Waals surface area contributed by atoms with Crippen LogP contribution in [-0.2, 0) is 0 Å². The molecule has 4 rings (SSSR count). The van der Waals surface area contributed by atoms with Gasteiger partial charge in [-0.25, -0.2) is 0 Å². The number of rotatable bonds is 4. The van der Waals surface area contributed by atoms with E-state index in [0.29, 0.717) is 5.56 Å². The molecule has 7 heteroatoms. The number of carbonyl (C=O) groups is 1. The van der Waals surface area contributed by atoms with Crippen LogP contribution in [0, 0.1) is 0 Å². The first-order valence-corrected chi connectivity index (χ1v) is 8.86. The Labute approximate surface area is 151 Å². The van der Waals surface area contributed by atoms with E-state index in [0.717, 1.165) is 36.5 Å². The highest BCUT2D eigenvalue weighted by molar-refractivity contribution is 5.94. The summed E-state index contributed by atoms with van der Waals surface area (Å²) < 4.78 is 7.23. The standard InChI is InChI=1S/C19H21N5O2/c1-13(2)18-10-16(22-26-18)17-4-3-9-24(17)19(25)14-5-7-15(8-6-14)23-11-20-21-12-23/h5-8,10-13,17H,3-4,9H2,1-2H3. The van der Waals surface area contributed by atoms with Crippen molar-refractivity contribution in [2.75, 3.05) is 6.54 Å². The van der Waals surface area contributed by atoms with E-state index in [9.17, 15) is 4.79 Å². The predicted molar refractivity (Wildman–Crippen MR) is 95.0 cm³/mol. The Morgan fingerprint density at radius 3 is 2.58 bits per heavy atom. The lowest BCUT2D eigenvalue weighted by atomic mass is 10.1. The number of carbonyl (C=O) groups excluding carboxylic acids is 1. The molecule has 1 atom stereocenters. The summed E-state index contributed by atoms with van der Waals surface area (Å²) in [4.78, 5) is 14.9. The number of hydrogen-bond donors (Lipinski definition) is 0. The number of benzene rings is 1. The second kappa shape index (κ2) is 6.74. The summed E-state index contributed by atoms with van der Waals surface area (Å²) in [5.74, 6) is 1.17. The van der Waals surface area contributed by atoms with Gasteiger partial charge in [-0.15, -0.1) is 10.2 Å². The molecule has 3 aromatic rings. The van der Waals surface area contributed by atoms with E-state index in [1.165, 1.54) is 0 Å². The van der Waals surface area contributed by atoms with Gasteiger partial charge in [0.15, 0.2) is 0 Å². The second-order valence-electron chi connectivity index (χ2n) is 6.88. The number of hydrogen-bond acceptors (Lipinski definition) is 5. The van der Waals surface area contributed by atoms with Crippen molar-refractivity contribution >= 4 is 5.91 Å². The highest BCUT2D eigenvalue weighted by atomic mass is 16.5. The van der Waals surface area contributed by atoms with Gasteiger partial charge in [-0.3, -0.25) is 9.36 Å². The molecule has 0 spiro atoms. The zero-order valence-electron chi connectivity index (χ0n) is 14.9. The fraction of sp³-hybridized carbons (Fsp3) is 0.368. The molecule has 0 saturated carbocycles. The van der Waals surface area contributed by atoms with E-state index in [1.807, 2.05) is 35.2 Å².